The van der Waals surface area contributed by atoms with Crippen LogP contribution >= 0.6 is 46.7 Å². The molecule has 2 heterocycles. The maximum Gasteiger partial charge on any atom is 0.490 e. The van der Waals surface area contributed by atoms with Crippen LogP contribution in [0, 0.1) is 5.41 Å². The molecule has 5 atom stereocenters. The molecule has 2 aromatic rings. The maximum atomic E-state index is 12.0. The summed E-state index contributed by atoms with van der Waals surface area (Å²) in [5.74, 6) is 0. The summed E-state index contributed by atoms with van der Waals surface area (Å²) in [4.78, 5) is 44.0. The summed E-state index contributed by atoms with van der Waals surface area (Å²) in [5, 5.41) is 11.2. The maximum absolute atomic E-state index is 12.0. The van der Waals surface area contributed by atoms with Gasteiger partial charge in [0.15, 0.2) is 0 Å². The van der Waals surface area contributed by atoms with E-state index in [4.69, 9.17) is 37.5 Å². The van der Waals surface area contributed by atoms with Crippen molar-refractivity contribution in [3.8, 4) is 0 Å². The van der Waals surface area contributed by atoms with Crippen molar-refractivity contribution < 1.29 is 51.5 Å². The number of aromatic nitrogens is 3. The number of aliphatic hydroxyl groups is 1. The van der Waals surface area contributed by atoms with Gasteiger partial charge in [0, 0.05) is 17.7 Å². The average Bonchev–Trinajstić information content (AvgIpc) is 3.12. The van der Waals surface area contributed by atoms with Crippen LogP contribution in [0.25, 0.3) is 11.0 Å². The van der Waals surface area contributed by atoms with Gasteiger partial charge in [-0.3, -0.25) is 4.52 Å². The minimum absolute atomic E-state index is 0.0728. The van der Waals surface area contributed by atoms with Gasteiger partial charge in [0.1, 0.15) is 10.8 Å². The van der Waals surface area contributed by atoms with Crippen molar-refractivity contribution in [1.82, 2.24) is 14.5 Å². The molecule has 0 saturated heterocycles. The first-order valence-electron chi connectivity index (χ1n) is 8.66. The van der Waals surface area contributed by atoms with Crippen LogP contribution in [-0.4, -0.2) is 51.9 Å². The molecule has 3 rings (SSSR count). The predicted molar refractivity (Wildman–Crippen MR) is 110 cm³/mol. The zero-order valence-corrected chi connectivity index (χ0v) is 20.3. The van der Waals surface area contributed by atoms with E-state index >= 15 is 0 Å². The highest BCUT2D eigenvalue weighted by Crippen LogP contribution is 2.66. The van der Waals surface area contributed by atoms with Gasteiger partial charge in [-0.15, -0.1) is 0 Å². The van der Waals surface area contributed by atoms with E-state index in [1.165, 1.54) is 0 Å². The zero-order valence-electron chi connectivity index (χ0n) is 16.1. The number of phosphoric ester groups is 1. The fourth-order valence-electron chi connectivity index (χ4n) is 3.47. The van der Waals surface area contributed by atoms with Crippen molar-refractivity contribution in [2.45, 2.75) is 31.9 Å². The lowest BCUT2D eigenvalue weighted by Gasteiger charge is -2.28. The highest BCUT2D eigenvalue weighted by atomic mass is 35.5. The fraction of sp³-hybridized carbons (Fsp3) is 0.538. The number of halogens is 2. The van der Waals surface area contributed by atoms with Gasteiger partial charge in [0.25, 0.3) is 0 Å². The molecule has 1 aliphatic carbocycles. The Kier molecular flexibility index (Phi) is 7.34. The van der Waals surface area contributed by atoms with Crippen molar-refractivity contribution >= 4 is 57.7 Å². The summed E-state index contributed by atoms with van der Waals surface area (Å²) in [7, 11) is -16.4. The molecule has 1 aliphatic rings. The van der Waals surface area contributed by atoms with E-state index in [9.17, 15) is 28.6 Å². The minimum Gasteiger partial charge on any atom is -0.392 e. The van der Waals surface area contributed by atoms with E-state index in [0.717, 1.165) is 0 Å². The van der Waals surface area contributed by atoms with Crippen molar-refractivity contribution in [3.63, 3.8) is 0 Å². The Balaban J connectivity index is 1.73. The molecule has 19 heteroatoms. The van der Waals surface area contributed by atoms with Gasteiger partial charge < -0.3 is 29.2 Å². The fourth-order valence-corrected chi connectivity index (χ4v) is 7.05. The van der Waals surface area contributed by atoms with Gasteiger partial charge in [-0.05, 0) is 30.5 Å². The third-order valence-corrected chi connectivity index (χ3v) is 9.11. The van der Waals surface area contributed by atoms with Crippen molar-refractivity contribution in [2.75, 3.05) is 6.61 Å². The Morgan fingerprint density at radius 1 is 1.16 bits per heavy atom. The lowest BCUT2D eigenvalue weighted by molar-refractivity contribution is 0.0188. The van der Waals surface area contributed by atoms with Crippen molar-refractivity contribution in [2.24, 2.45) is 5.41 Å². The second kappa shape index (κ2) is 8.98. The van der Waals surface area contributed by atoms with Crippen LogP contribution in [0.5, 0.6) is 0 Å². The first-order valence-corrected chi connectivity index (χ1v) is 13.9. The third-order valence-electron chi connectivity index (χ3n) is 4.87. The molecule has 0 aromatic carbocycles. The smallest absolute Gasteiger partial charge is 0.392 e. The van der Waals surface area contributed by atoms with E-state index in [-0.39, 0.29) is 29.3 Å². The summed E-state index contributed by atoms with van der Waals surface area (Å²) >= 11 is 11.9. The Hall–Kier alpha value is -0.430. The van der Waals surface area contributed by atoms with E-state index in [2.05, 4.69) is 18.6 Å². The Morgan fingerprint density at radius 3 is 2.44 bits per heavy atom. The summed E-state index contributed by atoms with van der Waals surface area (Å²) in [6.45, 7) is 0.938. The van der Waals surface area contributed by atoms with Gasteiger partial charge >= 0.3 is 23.5 Å². The summed E-state index contributed by atoms with van der Waals surface area (Å²) in [6.07, 6.45) is 1.05. The Bertz CT molecular complexity index is 1170. The van der Waals surface area contributed by atoms with E-state index in [1.807, 2.05) is 0 Å². The molecule has 180 valence electrons. The van der Waals surface area contributed by atoms with Crippen LogP contribution in [0.4, 0.5) is 0 Å². The molecule has 0 aliphatic heterocycles. The Morgan fingerprint density at radius 2 is 1.81 bits per heavy atom. The molecule has 0 spiro atoms. The van der Waals surface area contributed by atoms with Crippen molar-refractivity contribution in [1.29, 1.82) is 0 Å². The molecular formula is C13H18Cl2N3O11P3. The molecule has 1 fully saturated rings. The second-order valence-electron chi connectivity index (χ2n) is 7.37. The zero-order chi connectivity index (χ0) is 24.1. The topological polar surface area (TPSA) is 211 Å². The molecule has 0 amide bonds. The minimum atomic E-state index is -5.63. The molecule has 2 aromatic heterocycles. The normalized spacial score (nSPS) is 28.0. The van der Waals surface area contributed by atoms with Crippen LogP contribution in [0.2, 0.25) is 10.4 Å². The van der Waals surface area contributed by atoms with Gasteiger partial charge in [0.2, 0.25) is 5.28 Å². The van der Waals surface area contributed by atoms with Crippen LogP contribution in [0.1, 0.15) is 25.8 Å². The standard InChI is InChI=1S/C13H18Cl2N3O11P3/c1-13(6-27-31(23,24)29-32(25,26)28-30(20,21)22)5-7(4-9(13)19)18-3-2-8-10(14)16-12(15)17-11(8)18/h2-3,7,9,19H,4-6H2,1H3,(H,23,24)(H,25,26)(H2,20,21,22)/t7-,9-,13+/m0/s1. The number of rotatable bonds is 8. The molecule has 0 radical (unpaired) electrons. The van der Waals surface area contributed by atoms with Gasteiger partial charge in [0.05, 0.1) is 18.1 Å². The van der Waals surface area contributed by atoms with Crippen molar-refractivity contribution in [3.05, 3.63) is 22.7 Å². The number of phosphoric acid groups is 3. The molecular weight excluding hydrogens is 538 g/mol. The molecule has 32 heavy (non-hydrogen) atoms. The lowest BCUT2D eigenvalue weighted by atomic mass is 9.87. The third kappa shape index (κ3) is 6.17. The van der Waals surface area contributed by atoms with E-state index in [1.54, 1.807) is 23.8 Å². The van der Waals surface area contributed by atoms with Crippen LogP contribution in [0.15, 0.2) is 12.3 Å². The van der Waals surface area contributed by atoms with Gasteiger partial charge in [-0.2, -0.15) is 13.6 Å². The Labute approximate surface area is 190 Å². The van der Waals surface area contributed by atoms with Crippen LogP contribution in [-0.2, 0) is 26.8 Å². The predicted octanol–water partition coefficient (Wildman–Crippen LogP) is 2.78. The number of hydrogen-bond donors (Lipinski definition) is 5. The molecule has 1 saturated carbocycles. The molecule has 2 unspecified atom stereocenters. The van der Waals surface area contributed by atoms with E-state index < -0.39 is 41.6 Å². The quantitative estimate of drug-likeness (QED) is 0.180. The SMILES string of the molecule is C[C@]1(COP(=O)(O)OP(=O)(O)OP(=O)(O)O)C[C@@H](n2ccc3c(Cl)nc(Cl)nc32)C[C@@H]1O. The largest absolute Gasteiger partial charge is 0.490 e. The lowest BCUT2D eigenvalue weighted by Crippen LogP contribution is -2.31. The first kappa shape index (κ1) is 26.2. The van der Waals surface area contributed by atoms with Gasteiger partial charge in [-0.25, -0.2) is 18.7 Å². The van der Waals surface area contributed by atoms with Gasteiger partial charge in [-0.1, -0.05) is 18.5 Å². The van der Waals surface area contributed by atoms with Crippen LogP contribution in [0.3, 0.4) is 0 Å². The van der Waals surface area contributed by atoms with Crippen LogP contribution < -0.4 is 0 Å². The van der Waals surface area contributed by atoms with E-state index in [0.29, 0.717) is 11.0 Å². The monoisotopic (exact) mass is 555 g/mol. The number of aliphatic hydroxyl groups excluding tert-OH is 1. The highest BCUT2D eigenvalue weighted by molar-refractivity contribution is 7.66. The second-order valence-corrected chi connectivity index (χ2v) is 12.5. The number of hydrogen-bond acceptors (Lipinski definition) is 9. The molecule has 5 N–H and O–H groups in total. The summed E-state index contributed by atoms with van der Waals surface area (Å²) in [5.41, 5.74) is -0.697. The molecule has 0 bridgehead atoms. The highest BCUT2D eigenvalue weighted by Gasteiger charge is 2.47. The number of fused-ring (bicyclic) bond motifs is 1. The first-order chi connectivity index (χ1) is 14.5. The molecule has 14 nitrogen and oxygen atoms in total. The average molecular weight is 556 g/mol. The summed E-state index contributed by atoms with van der Waals surface area (Å²) < 4.78 is 47.9. The summed E-state index contributed by atoms with van der Waals surface area (Å²) in [6, 6.07) is 1.32. The number of nitrogens with zero attached hydrogens (tertiary/aromatic N) is 3.